The van der Waals surface area contributed by atoms with Crippen LogP contribution in [0.15, 0.2) is 29.2 Å². The molecule has 1 rings (SSSR count). The second-order valence-electron chi connectivity index (χ2n) is 2.44. The Balaban J connectivity index is 2.73. The van der Waals surface area contributed by atoms with Crippen LogP contribution in [0.4, 0.5) is 0 Å². The van der Waals surface area contributed by atoms with Crippen LogP contribution in [0.1, 0.15) is 17.3 Å². The van der Waals surface area contributed by atoms with E-state index in [-0.39, 0.29) is 5.97 Å². The third-order valence-corrected chi connectivity index (χ3v) is 2.13. The number of rotatable bonds is 3. The number of hydrogen-bond acceptors (Lipinski definition) is 4. The van der Waals surface area contributed by atoms with Crippen molar-refractivity contribution in [1.82, 2.24) is 0 Å². The lowest BCUT2D eigenvalue weighted by Crippen LogP contribution is -2.03. The minimum absolute atomic E-state index is 0.332. The Hall–Kier alpha value is -1.47. The first-order valence-corrected chi connectivity index (χ1v) is 4.92. The molecule has 0 aromatic heterocycles. The minimum Gasteiger partial charge on any atom is -0.462 e. The van der Waals surface area contributed by atoms with Crippen LogP contribution in [0.3, 0.4) is 0 Å². The van der Waals surface area contributed by atoms with Crippen molar-refractivity contribution in [3.8, 4) is 5.40 Å². The van der Waals surface area contributed by atoms with E-state index in [4.69, 9.17) is 10.00 Å². The second-order valence-corrected chi connectivity index (χ2v) is 3.30. The summed E-state index contributed by atoms with van der Waals surface area (Å²) in [6.07, 6.45) is 0. The van der Waals surface area contributed by atoms with E-state index in [9.17, 15) is 4.79 Å². The molecule has 0 saturated heterocycles. The van der Waals surface area contributed by atoms with Crippen molar-refractivity contribution >= 4 is 17.7 Å². The van der Waals surface area contributed by atoms with E-state index in [1.807, 2.05) is 5.40 Å². The van der Waals surface area contributed by atoms with E-state index in [0.717, 1.165) is 16.7 Å². The Kier molecular flexibility index (Phi) is 4.02. The molecule has 0 radical (unpaired) electrons. The van der Waals surface area contributed by atoms with E-state index >= 15 is 0 Å². The molecule has 0 aliphatic carbocycles. The summed E-state index contributed by atoms with van der Waals surface area (Å²) in [6, 6.07) is 6.75. The smallest absolute Gasteiger partial charge is 0.338 e. The highest BCUT2D eigenvalue weighted by Crippen LogP contribution is 2.16. The van der Waals surface area contributed by atoms with E-state index < -0.39 is 0 Å². The van der Waals surface area contributed by atoms with Crippen molar-refractivity contribution in [1.29, 1.82) is 5.26 Å². The zero-order valence-corrected chi connectivity index (χ0v) is 8.50. The normalized spacial score (nSPS) is 9.14. The van der Waals surface area contributed by atoms with Crippen LogP contribution in [-0.2, 0) is 4.74 Å². The first kappa shape index (κ1) is 10.6. The summed E-state index contributed by atoms with van der Waals surface area (Å²) in [5.41, 5.74) is 0.508. The van der Waals surface area contributed by atoms with E-state index in [1.54, 1.807) is 31.2 Å². The maximum Gasteiger partial charge on any atom is 0.338 e. The van der Waals surface area contributed by atoms with Gasteiger partial charge in [-0.15, -0.1) is 0 Å². The van der Waals surface area contributed by atoms with Gasteiger partial charge in [-0.2, -0.15) is 5.26 Å². The summed E-state index contributed by atoms with van der Waals surface area (Å²) in [5.74, 6) is -0.332. The molecule has 0 aliphatic heterocycles. The fourth-order valence-corrected chi connectivity index (χ4v) is 1.30. The average molecular weight is 207 g/mol. The van der Waals surface area contributed by atoms with Gasteiger partial charge in [0.2, 0.25) is 0 Å². The molecule has 0 saturated carbocycles. The third kappa shape index (κ3) is 2.79. The predicted molar refractivity (Wildman–Crippen MR) is 53.9 cm³/mol. The van der Waals surface area contributed by atoms with Crippen molar-refractivity contribution in [2.75, 3.05) is 6.61 Å². The van der Waals surface area contributed by atoms with Crippen LogP contribution in [0, 0.1) is 10.7 Å². The summed E-state index contributed by atoms with van der Waals surface area (Å²) in [6.45, 7) is 2.13. The predicted octanol–water partition coefficient (Wildman–Crippen LogP) is 2.44. The summed E-state index contributed by atoms with van der Waals surface area (Å²) in [7, 11) is 0. The Morgan fingerprint density at radius 2 is 2.14 bits per heavy atom. The van der Waals surface area contributed by atoms with Gasteiger partial charge in [0.1, 0.15) is 5.40 Å². The Morgan fingerprint density at radius 1 is 1.50 bits per heavy atom. The number of carbonyl (C=O) groups excluding carboxylic acids is 1. The number of ether oxygens (including phenoxy) is 1. The number of hydrogen-bond donors (Lipinski definition) is 0. The number of nitrogens with zero attached hydrogens (tertiary/aromatic N) is 1. The monoisotopic (exact) mass is 207 g/mol. The van der Waals surface area contributed by atoms with E-state index in [2.05, 4.69) is 0 Å². The maximum absolute atomic E-state index is 11.2. The van der Waals surface area contributed by atoms with Crippen molar-refractivity contribution in [2.24, 2.45) is 0 Å². The summed E-state index contributed by atoms with van der Waals surface area (Å²) >= 11 is 1.06. The molecule has 0 aliphatic rings. The molecule has 0 fully saturated rings. The van der Waals surface area contributed by atoms with Crippen LogP contribution in [0.5, 0.6) is 0 Å². The molecule has 0 heterocycles. The highest BCUT2D eigenvalue weighted by Gasteiger charge is 2.05. The molecule has 0 N–H and O–H groups in total. The molecule has 1 aromatic carbocycles. The first-order valence-electron chi connectivity index (χ1n) is 4.11. The van der Waals surface area contributed by atoms with Gasteiger partial charge in [0.15, 0.2) is 0 Å². The number of carbonyl (C=O) groups is 1. The molecule has 0 amide bonds. The Morgan fingerprint density at radius 3 is 2.64 bits per heavy atom. The summed E-state index contributed by atoms with van der Waals surface area (Å²) < 4.78 is 4.82. The fraction of sp³-hybridized carbons (Fsp3) is 0.200. The van der Waals surface area contributed by atoms with Crippen LogP contribution < -0.4 is 0 Å². The molecule has 4 heteroatoms. The molecule has 0 unspecified atom stereocenters. The van der Waals surface area contributed by atoms with Crippen LogP contribution in [0.25, 0.3) is 0 Å². The van der Waals surface area contributed by atoms with Crippen LogP contribution >= 0.6 is 11.8 Å². The van der Waals surface area contributed by atoms with Gasteiger partial charge in [-0.3, -0.25) is 0 Å². The lowest BCUT2D eigenvalue weighted by atomic mass is 10.2. The van der Waals surface area contributed by atoms with Crippen LogP contribution in [0.2, 0.25) is 0 Å². The zero-order valence-electron chi connectivity index (χ0n) is 7.69. The number of nitriles is 1. The molecule has 0 bridgehead atoms. The number of thiocyanates is 1. The highest BCUT2D eigenvalue weighted by atomic mass is 32.2. The SMILES string of the molecule is CCOC(=O)c1ccc(SC#N)cc1. The molecule has 0 spiro atoms. The van der Waals surface area contributed by atoms with Crippen molar-refractivity contribution in [3.05, 3.63) is 29.8 Å². The minimum atomic E-state index is -0.332. The van der Waals surface area contributed by atoms with Gasteiger partial charge in [-0.1, -0.05) is 0 Å². The highest BCUT2D eigenvalue weighted by molar-refractivity contribution is 8.03. The van der Waals surface area contributed by atoms with Crippen molar-refractivity contribution in [2.45, 2.75) is 11.8 Å². The third-order valence-electron chi connectivity index (χ3n) is 1.53. The molecule has 1 aromatic rings. The Bertz CT molecular complexity index is 353. The average Bonchev–Trinajstić information content (AvgIpc) is 2.20. The summed E-state index contributed by atoms with van der Waals surface area (Å²) in [5, 5.41) is 10.4. The molecule has 14 heavy (non-hydrogen) atoms. The van der Waals surface area contributed by atoms with E-state index in [0.29, 0.717) is 12.2 Å². The molecule has 3 nitrogen and oxygen atoms in total. The Labute approximate surface area is 86.7 Å². The number of thioether (sulfide) groups is 1. The van der Waals surface area contributed by atoms with Gasteiger partial charge in [0.05, 0.1) is 12.2 Å². The maximum atomic E-state index is 11.2. The first-order chi connectivity index (χ1) is 6.77. The van der Waals surface area contributed by atoms with Gasteiger partial charge in [-0.25, -0.2) is 4.79 Å². The van der Waals surface area contributed by atoms with Crippen LogP contribution in [-0.4, -0.2) is 12.6 Å². The van der Waals surface area contributed by atoms with Gasteiger partial charge in [-0.05, 0) is 43.0 Å². The zero-order chi connectivity index (χ0) is 10.4. The van der Waals surface area contributed by atoms with Crippen molar-refractivity contribution in [3.63, 3.8) is 0 Å². The molecular weight excluding hydrogens is 198 g/mol. The fourth-order valence-electron chi connectivity index (χ4n) is 0.926. The second kappa shape index (κ2) is 5.30. The quantitative estimate of drug-likeness (QED) is 0.434. The number of benzene rings is 1. The molecule has 0 atom stereocenters. The largest absolute Gasteiger partial charge is 0.462 e. The molecule has 72 valence electrons. The van der Waals surface area contributed by atoms with Gasteiger partial charge in [0, 0.05) is 4.90 Å². The summed E-state index contributed by atoms with van der Waals surface area (Å²) in [4.78, 5) is 12.0. The van der Waals surface area contributed by atoms with Gasteiger partial charge in [0.25, 0.3) is 0 Å². The topological polar surface area (TPSA) is 50.1 Å². The number of esters is 1. The molecular formula is C10H9NO2S. The van der Waals surface area contributed by atoms with E-state index in [1.165, 1.54) is 0 Å². The van der Waals surface area contributed by atoms with Gasteiger partial charge < -0.3 is 4.74 Å². The lowest BCUT2D eigenvalue weighted by Gasteiger charge is -2.01. The lowest BCUT2D eigenvalue weighted by molar-refractivity contribution is 0.0526. The standard InChI is InChI=1S/C10H9NO2S/c1-2-13-10(12)8-3-5-9(6-4-8)14-7-11/h3-6H,2H2,1H3. The van der Waals surface area contributed by atoms with Gasteiger partial charge >= 0.3 is 5.97 Å². The van der Waals surface area contributed by atoms with Crippen molar-refractivity contribution < 1.29 is 9.53 Å².